The summed E-state index contributed by atoms with van der Waals surface area (Å²) in [5.74, 6) is -0.465. The number of aryl methyl sites for hydroxylation is 1. The number of nitrogens with zero attached hydrogens (tertiary/aromatic N) is 1. The van der Waals surface area contributed by atoms with Gasteiger partial charge in [0.2, 0.25) is 0 Å². The molecule has 0 saturated heterocycles. The second-order valence-electron chi connectivity index (χ2n) is 3.85. The van der Waals surface area contributed by atoms with Gasteiger partial charge in [-0.3, -0.25) is 5.26 Å². The molecule has 2 N–H and O–H groups in total. The number of phenols is 1. The number of hydrogen-bond acceptors (Lipinski definition) is 6. The van der Waals surface area contributed by atoms with Crippen molar-refractivity contribution in [2.75, 3.05) is 5.33 Å². The number of nitriles is 1. The molecule has 0 saturated carbocycles. The summed E-state index contributed by atoms with van der Waals surface area (Å²) in [4.78, 5) is 3.66. The number of rotatable bonds is 5. The Labute approximate surface area is 119 Å². The molecule has 8 heteroatoms. The maximum Gasteiger partial charge on any atom is 0.199 e. The molecule has 0 aliphatic rings. The molecule has 0 bridgehead atoms. The Morgan fingerprint density at radius 2 is 2.16 bits per heavy atom. The quantitative estimate of drug-likeness (QED) is 0.476. The van der Waals surface area contributed by atoms with E-state index in [1.54, 1.807) is 6.07 Å². The maximum atomic E-state index is 12.2. The molecule has 1 unspecified atom stereocenters. The van der Waals surface area contributed by atoms with Gasteiger partial charge in [0.05, 0.1) is 6.07 Å². The highest BCUT2D eigenvalue weighted by atomic mass is 79.9. The number of phenolic OH excluding ortho intramolecular Hbond substituents is 1. The summed E-state index contributed by atoms with van der Waals surface area (Å²) in [6, 6.07) is 4.32. The number of aromatic hydroxyl groups is 1. The first-order chi connectivity index (χ1) is 8.88. The van der Waals surface area contributed by atoms with Gasteiger partial charge in [-0.15, -0.1) is 0 Å². The smallest absolute Gasteiger partial charge is 0.199 e. The van der Waals surface area contributed by atoms with Crippen LogP contribution in [0.4, 0.5) is 0 Å². The average Bonchev–Trinajstić information content (AvgIpc) is 2.28. The van der Waals surface area contributed by atoms with E-state index in [1.807, 2.05) is 0 Å². The average molecular weight is 350 g/mol. The Kier molecular flexibility index (Phi) is 5.31. The standard InChI is InChI=1S/C11H12BrNO5S/c1-7-2-8(6-18-15)3-10(14)11(7)19(16,17)9(4-12)5-13/h2-3,9,14-15H,4,6H2,1H3. The molecule has 1 aromatic carbocycles. The second-order valence-corrected chi connectivity index (χ2v) is 6.57. The highest BCUT2D eigenvalue weighted by molar-refractivity contribution is 9.09. The van der Waals surface area contributed by atoms with Crippen molar-refractivity contribution in [3.8, 4) is 11.8 Å². The Balaban J connectivity index is 3.41. The monoisotopic (exact) mass is 349 g/mol. The molecule has 0 heterocycles. The van der Waals surface area contributed by atoms with Gasteiger partial charge in [0.15, 0.2) is 15.1 Å². The molecular weight excluding hydrogens is 338 g/mol. The van der Waals surface area contributed by atoms with Crippen LogP contribution in [0.25, 0.3) is 0 Å². The molecule has 0 radical (unpaired) electrons. The first-order valence-electron chi connectivity index (χ1n) is 5.16. The topological polar surface area (TPSA) is 108 Å². The van der Waals surface area contributed by atoms with Gasteiger partial charge in [-0.2, -0.15) is 5.26 Å². The molecule has 6 nitrogen and oxygen atoms in total. The Bertz CT molecular complexity index is 585. The van der Waals surface area contributed by atoms with Gasteiger partial charge in [0.1, 0.15) is 17.3 Å². The van der Waals surface area contributed by atoms with E-state index in [4.69, 9.17) is 10.5 Å². The van der Waals surface area contributed by atoms with Gasteiger partial charge in [0, 0.05) is 5.33 Å². The molecule has 1 rings (SSSR count). The Hall–Kier alpha value is -1.14. The highest BCUT2D eigenvalue weighted by Crippen LogP contribution is 2.31. The predicted molar refractivity (Wildman–Crippen MR) is 70.6 cm³/mol. The minimum atomic E-state index is -3.96. The molecule has 0 fully saturated rings. The summed E-state index contributed by atoms with van der Waals surface area (Å²) in [6.45, 7) is 1.32. The zero-order chi connectivity index (χ0) is 14.6. The molecule has 19 heavy (non-hydrogen) atoms. The summed E-state index contributed by atoms with van der Waals surface area (Å²) in [5, 5.41) is 25.7. The van der Waals surface area contributed by atoms with Gasteiger partial charge in [-0.25, -0.2) is 13.3 Å². The summed E-state index contributed by atoms with van der Waals surface area (Å²) in [6.07, 6.45) is 0. The largest absolute Gasteiger partial charge is 0.507 e. The van der Waals surface area contributed by atoms with E-state index in [0.717, 1.165) is 0 Å². The molecular formula is C11H12BrNO5S. The zero-order valence-electron chi connectivity index (χ0n) is 10.00. The lowest BCUT2D eigenvalue weighted by atomic mass is 10.1. The molecule has 0 amide bonds. The number of benzene rings is 1. The van der Waals surface area contributed by atoms with E-state index in [9.17, 15) is 13.5 Å². The fourth-order valence-corrected chi connectivity index (χ4v) is 4.32. The molecule has 1 atom stereocenters. The molecule has 0 spiro atoms. The molecule has 0 aliphatic heterocycles. The van der Waals surface area contributed by atoms with Crippen molar-refractivity contribution in [3.05, 3.63) is 23.3 Å². The Morgan fingerprint density at radius 3 is 2.58 bits per heavy atom. The predicted octanol–water partition coefficient (Wildman–Crippen LogP) is 1.75. The van der Waals surface area contributed by atoms with Crippen LogP contribution < -0.4 is 0 Å². The lowest BCUT2D eigenvalue weighted by molar-refractivity contribution is -0.253. The van der Waals surface area contributed by atoms with Crippen LogP contribution in [0, 0.1) is 18.3 Å². The summed E-state index contributed by atoms with van der Waals surface area (Å²) in [5.41, 5.74) is 0.706. The van der Waals surface area contributed by atoms with Crippen molar-refractivity contribution in [3.63, 3.8) is 0 Å². The van der Waals surface area contributed by atoms with Crippen LogP contribution in [0.2, 0.25) is 0 Å². The highest BCUT2D eigenvalue weighted by Gasteiger charge is 2.31. The van der Waals surface area contributed by atoms with Gasteiger partial charge in [-0.1, -0.05) is 22.0 Å². The van der Waals surface area contributed by atoms with E-state index < -0.39 is 20.8 Å². The van der Waals surface area contributed by atoms with Crippen LogP contribution in [-0.4, -0.2) is 29.4 Å². The van der Waals surface area contributed by atoms with Crippen LogP contribution in [0.3, 0.4) is 0 Å². The van der Waals surface area contributed by atoms with Crippen molar-refractivity contribution in [2.24, 2.45) is 0 Å². The van der Waals surface area contributed by atoms with Crippen LogP contribution in [-0.2, 0) is 21.3 Å². The third kappa shape index (κ3) is 3.25. The summed E-state index contributed by atoms with van der Waals surface area (Å²) in [7, 11) is -3.96. The Morgan fingerprint density at radius 1 is 1.53 bits per heavy atom. The molecule has 0 aliphatic carbocycles. The minimum Gasteiger partial charge on any atom is -0.507 e. The van der Waals surface area contributed by atoms with Gasteiger partial charge in [-0.05, 0) is 24.1 Å². The molecule has 104 valence electrons. The molecule has 0 aromatic heterocycles. The third-order valence-electron chi connectivity index (χ3n) is 2.49. The van der Waals surface area contributed by atoms with E-state index >= 15 is 0 Å². The van der Waals surface area contributed by atoms with Crippen molar-refractivity contribution >= 4 is 25.8 Å². The van der Waals surface area contributed by atoms with Crippen molar-refractivity contribution in [1.29, 1.82) is 5.26 Å². The zero-order valence-corrected chi connectivity index (χ0v) is 12.4. The normalized spacial score (nSPS) is 12.9. The number of halogens is 1. The van der Waals surface area contributed by atoms with E-state index in [-0.39, 0.29) is 22.4 Å². The van der Waals surface area contributed by atoms with Crippen LogP contribution in [0.1, 0.15) is 11.1 Å². The fraction of sp³-hybridized carbons (Fsp3) is 0.364. The maximum absolute atomic E-state index is 12.2. The van der Waals surface area contributed by atoms with Crippen molar-refractivity contribution < 1.29 is 23.7 Å². The third-order valence-corrected chi connectivity index (χ3v) is 5.69. The van der Waals surface area contributed by atoms with E-state index in [0.29, 0.717) is 5.56 Å². The van der Waals surface area contributed by atoms with Gasteiger partial charge >= 0.3 is 0 Å². The first kappa shape index (κ1) is 15.9. The van der Waals surface area contributed by atoms with Gasteiger partial charge in [0.25, 0.3) is 0 Å². The molecule has 1 aromatic rings. The number of hydrogen-bond donors (Lipinski definition) is 2. The van der Waals surface area contributed by atoms with Crippen LogP contribution in [0.15, 0.2) is 17.0 Å². The van der Waals surface area contributed by atoms with E-state index in [1.165, 1.54) is 19.1 Å². The fourth-order valence-electron chi connectivity index (χ4n) is 1.69. The van der Waals surface area contributed by atoms with Crippen molar-refractivity contribution in [1.82, 2.24) is 0 Å². The number of alkyl halides is 1. The summed E-state index contributed by atoms with van der Waals surface area (Å²) >= 11 is 2.96. The van der Waals surface area contributed by atoms with Crippen LogP contribution >= 0.6 is 15.9 Å². The lowest BCUT2D eigenvalue weighted by Crippen LogP contribution is -2.22. The first-order valence-corrected chi connectivity index (χ1v) is 7.83. The SMILES string of the molecule is Cc1cc(COO)cc(O)c1S(=O)(=O)C(C#N)CBr. The van der Waals surface area contributed by atoms with Gasteiger partial charge < -0.3 is 5.11 Å². The number of sulfone groups is 1. The van der Waals surface area contributed by atoms with E-state index in [2.05, 4.69) is 20.8 Å². The van der Waals surface area contributed by atoms with Crippen molar-refractivity contribution in [2.45, 2.75) is 23.7 Å². The summed E-state index contributed by atoms with van der Waals surface area (Å²) < 4.78 is 24.4. The second kappa shape index (κ2) is 6.34. The van der Waals surface area contributed by atoms with Crippen LogP contribution in [0.5, 0.6) is 5.75 Å². The lowest BCUT2D eigenvalue weighted by Gasteiger charge is -2.13. The minimum absolute atomic E-state index is 0.0494.